The van der Waals surface area contributed by atoms with Gasteiger partial charge in [0.2, 0.25) is 0 Å². The first-order valence-electron chi connectivity index (χ1n) is 5.77. The van der Waals surface area contributed by atoms with Crippen molar-refractivity contribution in [3.8, 4) is 0 Å². The monoisotopic (exact) mass is 262 g/mol. The van der Waals surface area contributed by atoms with Crippen LogP contribution in [0.1, 0.15) is 25.8 Å². The van der Waals surface area contributed by atoms with E-state index < -0.39 is 11.7 Å². The molecular weight excluding hydrogens is 245 g/mol. The number of anilines is 1. The molecule has 0 aromatic carbocycles. The predicted molar refractivity (Wildman–Crippen MR) is 63.4 cm³/mol. The van der Waals surface area contributed by atoms with Gasteiger partial charge in [-0.05, 0) is 32.4 Å². The Hall–Kier alpha value is -1.30. The molecule has 0 aliphatic heterocycles. The maximum absolute atomic E-state index is 12.9. The lowest BCUT2D eigenvalue weighted by Gasteiger charge is -2.29. The summed E-state index contributed by atoms with van der Waals surface area (Å²) in [5.41, 5.74) is -0.739. The van der Waals surface area contributed by atoms with E-state index in [1.807, 2.05) is 0 Å². The van der Waals surface area contributed by atoms with E-state index in [0.29, 0.717) is 13.0 Å². The first-order chi connectivity index (χ1) is 8.38. The Labute approximate surface area is 104 Å². The number of pyridine rings is 1. The highest BCUT2D eigenvalue weighted by molar-refractivity contribution is 5.49. The molecule has 0 bridgehead atoms. The van der Waals surface area contributed by atoms with Crippen LogP contribution in [0.25, 0.3) is 0 Å². The van der Waals surface area contributed by atoms with Gasteiger partial charge in [-0.3, -0.25) is 0 Å². The molecule has 0 saturated carbocycles. The molecule has 0 unspecified atom stereocenters. The minimum Gasteiger partial charge on any atom is -0.396 e. The van der Waals surface area contributed by atoms with Gasteiger partial charge in [0, 0.05) is 25.4 Å². The van der Waals surface area contributed by atoms with Crippen molar-refractivity contribution in [2.45, 2.75) is 32.5 Å². The summed E-state index contributed by atoms with van der Waals surface area (Å²) >= 11 is 0. The van der Waals surface area contributed by atoms with Crippen molar-refractivity contribution in [1.29, 1.82) is 0 Å². The van der Waals surface area contributed by atoms with Gasteiger partial charge in [-0.1, -0.05) is 0 Å². The molecule has 0 saturated heterocycles. The molecule has 1 aromatic heterocycles. The Balaban J connectivity index is 3.11. The molecule has 0 radical (unpaired) electrons. The average Bonchev–Trinajstić information content (AvgIpc) is 2.28. The third-order valence-corrected chi connectivity index (χ3v) is 2.54. The molecule has 1 heterocycles. The second-order valence-corrected chi connectivity index (χ2v) is 4.24. The summed E-state index contributed by atoms with van der Waals surface area (Å²) in [4.78, 5) is 5.40. The third-order valence-electron chi connectivity index (χ3n) is 2.54. The fraction of sp³-hybridized carbons (Fsp3) is 0.583. The first kappa shape index (κ1) is 14.8. The second-order valence-electron chi connectivity index (χ2n) is 4.24. The van der Waals surface area contributed by atoms with Crippen molar-refractivity contribution < 1.29 is 18.3 Å². The minimum absolute atomic E-state index is 0.0581. The van der Waals surface area contributed by atoms with Crippen LogP contribution in [0.5, 0.6) is 0 Å². The second kappa shape index (κ2) is 6.04. The summed E-state index contributed by atoms with van der Waals surface area (Å²) in [6.07, 6.45) is -2.67. The van der Waals surface area contributed by atoms with Crippen molar-refractivity contribution in [3.63, 3.8) is 0 Å². The molecule has 6 heteroatoms. The lowest BCUT2D eigenvalue weighted by molar-refractivity contribution is -0.137. The standard InChI is InChI=1S/C12H17F3N2O/c1-9(2)17(7-4-8-18)11-10(12(13,14)15)5-3-6-16-11/h3,5-6,9,18H,4,7-8H2,1-2H3. The molecule has 0 atom stereocenters. The summed E-state index contributed by atoms with van der Waals surface area (Å²) in [5.74, 6) is -0.0755. The van der Waals surface area contributed by atoms with Crippen LogP contribution in [0.4, 0.5) is 19.0 Å². The van der Waals surface area contributed by atoms with Crippen LogP contribution >= 0.6 is 0 Å². The molecule has 0 aliphatic rings. The number of aliphatic hydroxyl groups is 1. The maximum Gasteiger partial charge on any atom is 0.419 e. The molecule has 0 spiro atoms. The van der Waals surface area contributed by atoms with Crippen LogP contribution in [0.3, 0.4) is 0 Å². The fourth-order valence-electron chi connectivity index (χ4n) is 1.70. The van der Waals surface area contributed by atoms with Crippen molar-refractivity contribution in [2.75, 3.05) is 18.1 Å². The normalized spacial score (nSPS) is 11.9. The maximum atomic E-state index is 12.9. The topological polar surface area (TPSA) is 36.4 Å². The highest BCUT2D eigenvalue weighted by Crippen LogP contribution is 2.35. The lowest BCUT2D eigenvalue weighted by atomic mass is 10.2. The number of aliphatic hydroxyl groups excluding tert-OH is 1. The SMILES string of the molecule is CC(C)N(CCCO)c1ncccc1C(F)(F)F. The Morgan fingerprint density at radius 3 is 2.56 bits per heavy atom. The van der Waals surface area contributed by atoms with Gasteiger partial charge in [0.15, 0.2) is 0 Å². The van der Waals surface area contributed by atoms with Crippen molar-refractivity contribution >= 4 is 5.82 Å². The zero-order valence-corrected chi connectivity index (χ0v) is 10.4. The van der Waals surface area contributed by atoms with Gasteiger partial charge >= 0.3 is 6.18 Å². The predicted octanol–water partition coefficient (Wildman–Crippen LogP) is 2.70. The van der Waals surface area contributed by atoms with Crippen LogP contribution < -0.4 is 4.90 Å². The Morgan fingerprint density at radius 2 is 2.06 bits per heavy atom. The highest BCUT2D eigenvalue weighted by Gasteiger charge is 2.35. The third kappa shape index (κ3) is 3.60. The van der Waals surface area contributed by atoms with Gasteiger partial charge in [-0.2, -0.15) is 13.2 Å². The van der Waals surface area contributed by atoms with E-state index in [1.165, 1.54) is 12.3 Å². The van der Waals surface area contributed by atoms with Gasteiger partial charge in [-0.25, -0.2) is 4.98 Å². The number of hydrogen-bond acceptors (Lipinski definition) is 3. The molecule has 0 aliphatic carbocycles. The van der Waals surface area contributed by atoms with Crippen LogP contribution in [0.15, 0.2) is 18.3 Å². The average molecular weight is 262 g/mol. The molecule has 102 valence electrons. The first-order valence-corrected chi connectivity index (χ1v) is 5.77. The van der Waals surface area contributed by atoms with E-state index in [4.69, 9.17) is 5.11 Å². The van der Waals surface area contributed by atoms with Gasteiger partial charge in [0.05, 0.1) is 5.56 Å². The molecule has 0 amide bonds. The molecule has 1 N–H and O–H groups in total. The van der Waals surface area contributed by atoms with Gasteiger partial charge in [0.25, 0.3) is 0 Å². The van der Waals surface area contributed by atoms with E-state index in [1.54, 1.807) is 18.7 Å². The van der Waals surface area contributed by atoms with Gasteiger partial charge < -0.3 is 10.0 Å². The largest absolute Gasteiger partial charge is 0.419 e. The van der Waals surface area contributed by atoms with E-state index in [-0.39, 0.29) is 18.5 Å². The zero-order chi connectivity index (χ0) is 13.8. The number of nitrogens with zero attached hydrogens (tertiary/aromatic N) is 2. The number of aromatic nitrogens is 1. The Morgan fingerprint density at radius 1 is 1.39 bits per heavy atom. The molecular formula is C12H17F3N2O. The van der Waals surface area contributed by atoms with Crippen LogP contribution in [-0.4, -0.2) is 29.3 Å². The quantitative estimate of drug-likeness (QED) is 0.886. The number of rotatable bonds is 5. The number of hydrogen-bond donors (Lipinski definition) is 1. The van der Waals surface area contributed by atoms with E-state index in [9.17, 15) is 13.2 Å². The van der Waals surface area contributed by atoms with E-state index >= 15 is 0 Å². The highest BCUT2D eigenvalue weighted by atomic mass is 19.4. The molecule has 1 rings (SSSR count). The van der Waals surface area contributed by atoms with Crippen LogP contribution in [-0.2, 0) is 6.18 Å². The number of halogens is 3. The van der Waals surface area contributed by atoms with Crippen LogP contribution in [0, 0.1) is 0 Å². The summed E-state index contributed by atoms with van der Waals surface area (Å²) in [7, 11) is 0. The lowest BCUT2D eigenvalue weighted by Crippen LogP contribution is -2.34. The summed E-state index contributed by atoms with van der Waals surface area (Å²) in [6, 6.07) is 2.18. The van der Waals surface area contributed by atoms with Crippen molar-refractivity contribution in [1.82, 2.24) is 4.98 Å². The number of alkyl halides is 3. The Bertz CT molecular complexity index is 380. The molecule has 18 heavy (non-hydrogen) atoms. The summed E-state index contributed by atoms with van der Waals surface area (Å²) in [6.45, 7) is 3.88. The molecule has 1 aromatic rings. The molecule has 3 nitrogen and oxygen atoms in total. The van der Waals surface area contributed by atoms with Crippen molar-refractivity contribution in [2.24, 2.45) is 0 Å². The fourth-order valence-corrected chi connectivity index (χ4v) is 1.70. The Kier molecular flexibility index (Phi) is 4.95. The van der Waals surface area contributed by atoms with Crippen LogP contribution in [0.2, 0.25) is 0 Å². The summed E-state index contributed by atoms with van der Waals surface area (Å²) < 4.78 is 38.6. The van der Waals surface area contributed by atoms with Gasteiger partial charge in [-0.15, -0.1) is 0 Å². The van der Waals surface area contributed by atoms with E-state index in [0.717, 1.165) is 6.07 Å². The zero-order valence-electron chi connectivity index (χ0n) is 10.4. The van der Waals surface area contributed by atoms with E-state index in [2.05, 4.69) is 4.98 Å². The summed E-state index contributed by atoms with van der Waals surface area (Å²) in [5, 5.41) is 8.80. The van der Waals surface area contributed by atoms with Gasteiger partial charge in [0.1, 0.15) is 5.82 Å². The smallest absolute Gasteiger partial charge is 0.396 e. The minimum atomic E-state index is -4.42. The molecule has 0 fully saturated rings. The van der Waals surface area contributed by atoms with Crippen molar-refractivity contribution in [3.05, 3.63) is 23.9 Å².